The van der Waals surface area contributed by atoms with Gasteiger partial charge in [-0.3, -0.25) is 4.79 Å². The lowest BCUT2D eigenvalue weighted by Gasteiger charge is -2.21. The molecule has 4 heteroatoms. The van der Waals surface area contributed by atoms with Crippen LogP contribution in [-0.4, -0.2) is 18.9 Å². The highest BCUT2D eigenvalue weighted by atomic mass is 35.5. The Kier molecular flexibility index (Phi) is 3.85. The Bertz CT molecular complexity index is 406. The van der Waals surface area contributed by atoms with Crippen LogP contribution in [0.1, 0.15) is 12.0 Å². The van der Waals surface area contributed by atoms with E-state index in [0.717, 1.165) is 18.7 Å². The first-order valence-corrected chi connectivity index (χ1v) is 6.10. The summed E-state index contributed by atoms with van der Waals surface area (Å²) >= 11 is 11.9. The van der Waals surface area contributed by atoms with Crippen molar-refractivity contribution in [3.8, 4) is 0 Å². The van der Waals surface area contributed by atoms with Gasteiger partial charge in [0.25, 0.3) is 0 Å². The van der Waals surface area contributed by atoms with Gasteiger partial charge < -0.3 is 5.32 Å². The zero-order chi connectivity index (χ0) is 11.5. The summed E-state index contributed by atoms with van der Waals surface area (Å²) in [6, 6.07) is 5.43. The standard InChI is InChI=1S/C12H13Cl2NO/c13-10-2-1-8(11(14)6-10)5-9-7-15-4-3-12(9)16/h1-2,6,9,15H,3-5,7H2. The molecule has 1 atom stereocenters. The van der Waals surface area contributed by atoms with Crippen molar-refractivity contribution in [3.63, 3.8) is 0 Å². The van der Waals surface area contributed by atoms with Gasteiger partial charge in [0, 0.05) is 35.5 Å². The van der Waals surface area contributed by atoms with Crippen molar-refractivity contribution < 1.29 is 4.79 Å². The molecule has 0 amide bonds. The van der Waals surface area contributed by atoms with Gasteiger partial charge in [-0.25, -0.2) is 0 Å². The molecule has 86 valence electrons. The third-order valence-corrected chi connectivity index (χ3v) is 3.46. The van der Waals surface area contributed by atoms with E-state index in [1.807, 2.05) is 12.1 Å². The maximum atomic E-state index is 11.7. The molecule has 0 spiro atoms. The highest BCUT2D eigenvalue weighted by Gasteiger charge is 2.22. The summed E-state index contributed by atoms with van der Waals surface area (Å²) < 4.78 is 0. The van der Waals surface area contributed by atoms with E-state index in [2.05, 4.69) is 5.32 Å². The predicted octanol–water partition coefficient (Wildman–Crippen LogP) is 2.71. The highest BCUT2D eigenvalue weighted by Crippen LogP contribution is 2.24. The molecule has 16 heavy (non-hydrogen) atoms. The highest BCUT2D eigenvalue weighted by molar-refractivity contribution is 6.35. The fourth-order valence-corrected chi connectivity index (χ4v) is 2.43. The fourth-order valence-electron chi connectivity index (χ4n) is 1.94. The van der Waals surface area contributed by atoms with Crippen molar-refractivity contribution in [1.82, 2.24) is 5.32 Å². The zero-order valence-electron chi connectivity index (χ0n) is 8.80. The van der Waals surface area contributed by atoms with Crippen LogP contribution in [0.2, 0.25) is 10.0 Å². The Morgan fingerprint density at radius 1 is 1.38 bits per heavy atom. The molecule has 1 fully saturated rings. The van der Waals surface area contributed by atoms with Crippen molar-refractivity contribution in [3.05, 3.63) is 33.8 Å². The lowest BCUT2D eigenvalue weighted by Crippen LogP contribution is -2.37. The molecule has 1 saturated heterocycles. The number of piperidine rings is 1. The van der Waals surface area contributed by atoms with E-state index in [1.165, 1.54) is 0 Å². The second-order valence-electron chi connectivity index (χ2n) is 4.06. The molecular weight excluding hydrogens is 245 g/mol. The van der Waals surface area contributed by atoms with Gasteiger partial charge in [-0.15, -0.1) is 0 Å². The van der Waals surface area contributed by atoms with Gasteiger partial charge >= 0.3 is 0 Å². The number of benzene rings is 1. The summed E-state index contributed by atoms with van der Waals surface area (Å²) in [5.74, 6) is 0.372. The Labute approximate surface area is 105 Å². The van der Waals surface area contributed by atoms with Crippen molar-refractivity contribution in [2.45, 2.75) is 12.8 Å². The molecule has 1 N–H and O–H groups in total. The number of carbonyl (C=O) groups is 1. The monoisotopic (exact) mass is 257 g/mol. The lowest BCUT2D eigenvalue weighted by atomic mass is 9.91. The van der Waals surface area contributed by atoms with Crippen LogP contribution in [0.3, 0.4) is 0 Å². The molecule has 1 aliphatic rings. The minimum Gasteiger partial charge on any atom is -0.316 e. The number of rotatable bonds is 2. The quantitative estimate of drug-likeness (QED) is 0.883. The van der Waals surface area contributed by atoms with Gasteiger partial charge in [0.1, 0.15) is 5.78 Å². The van der Waals surface area contributed by atoms with Crippen molar-refractivity contribution in [2.24, 2.45) is 5.92 Å². The molecule has 1 unspecified atom stereocenters. The van der Waals surface area contributed by atoms with Crippen LogP contribution in [0, 0.1) is 5.92 Å². The molecule has 1 aliphatic heterocycles. The van der Waals surface area contributed by atoms with Crippen LogP contribution in [0.5, 0.6) is 0 Å². The molecule has 0 bridgehead atoms. The van der Waals surface area contributed by atoms with Crippen molar-refractivity contribution >= 4 is 29.0 Å². The second kappa shape index (κ2) is 5.17. The van der Waals surface area contributed by atoms with Crippen LogP contribution in [-0.2, 0) is 11.2 Å². The molecule has 1 aromatic carbocycles. The predicted molar refractivity (Wildman–Crippen MR) is 66.1 cm³/mol. The Balaban J connectivity index is 2.10. The largest absolute Gasteiger partial charge is 0.316 e. The number of hydrogen-bond acceptors (Lipinski definition) is 2. The first kappa shape index (κ1) is 11.9. The van der Waals surface area contributed by atoms with Gasteiger partial charge in [-0.1, -0.05) is 29.3 Å². The normalized spacial score (nSPS) is 21.1. The van der Waals surface area contributed by atoms with Crippen LogP contribution < -0.4 is 5.32 Å². The van der Waals surface area contributed by atoms with Gasteiger partial charge in [-0.2, -0.15) is 0 Å². The minimum atomic E-state index is 0.0485. The molecule has 0 radical (unpaired) electrons. The Hall–Kier alpha value is -0.570. The Morgan fingerprint density at radius 2 is 2.19 bits per heavy atom. The van der Waals surface area contributed by atoms with Gasteiger partial charge in [0.2, 0.25) is 0 Å². The number of carbonyl (C=O) groups excluding carboxylic acids is 1. The van der Waals surface area contributed by atoms with E-state index >= 15 is 0 Å². The van der Waals surface area contributed by atoms with Gasteiger partial charge in [0.05, 0.1) is 0 Å². The smallest absolute Gasteiger partial charge is 0.138 e. The van der Waals surface area contributed by atoms with E-state index in [-0.39, 0.29) is 5.92 Å². The SMILES string of the molecule is O=C1CCNCC1Cc1ccc(Cl)cc1Cl. The molecule has 1 aromatic rings. The number of Topliss-reactive ketones (excluding diaryl/α,β-unsaturated/α-hetero) is 1. The number of hydrogen-bond donors (Lipinski definition) is 1. The maximum Gasteiger partial charge on any atom is 0.138 e. The first-order valence-electron chi connectivity index (χ1n) is 5.34. The van der Waals surface area contributed by atoms with Crippen LogP contribution in [0.25, 0.3) is 0 Å². The Morgan fingerprint density at radius 3 is 2.88 bits per heavy atom. The fraction of sp³-hybridized carbons (Fsp3) is 0.417. The van der Waals surface area contributed by atoms with E-state index in [1.54, 1.807) is 6.07 Å². The van der Waals surface area contributed by atoms with E-state index < -0.39 is 0 Å². The summed E-state index contributed by atoms with van der Waals surface area (Å²) in [5, 5.41) is 4.50. The maximum absolute atomic E-state index is 11.7. The van der Waals surface area contributed by atoms with Crippen LogP contribution in [0.4, 0.5) is 0 Å². The zero-order valence-corrected chi connectivity index (χ0v) is 10.3. The molecular formula is C12H13Cl2NO. The number of ketones is 1. The summed E-state index contributed by atoms with van der Waals surface area (Å²) in [6.07, 6.45) is 1.32. The summed E-state index contributed by atoms with van der Waals surface area (Å²) in [6.45, 7) is 1.54. The second-order valence-corrected chi connectivity index (χ2v) is 4.90. The average Bonchev–Trinajstić information content (AvgIpc) is 2.25. The topological polar surface area (TPSA) is 29.1 Å². The van der Waals surface area contributed by atoms with Gasteiger partial charge in [0.15, 0.2) is 0 Å². The molecule has 0 aliphatic carbocycles. The van der Waals surface area contributed by atoms with Crippen molar-refractivity contribution in [1.29, 1.82) is 0 Å². The molecule has 2 nitrogen and oxygen atoms in total. The molecule has 2 rings (SSSR count). The van der Waals surface area contributed by atoms with Crippen LogP contribution >= 0.6 is 23.2 Å². The van der Waals surface area contributed by atoms with E-state index in [4.69, 9.17) is 23.2 Å². The van der Waals surface area contributed by atoms with Crippen molar-refractivity contribution in [2.75, 3.05) is 13.1 Å². The third-order valence-electron chi connectivity index (χ3n) is 2.88. The van der Waals surface area contributed by atoms with Crippen LogP contribution in [0.15, 0.2) is 18.2 Å². The number of nitrogens with one attached hydrogen (secondary N) is 1. The number of halogens is 2. The average molecular weight is 258 g/mol. The summed E-state index contributed by atoms with van der Waals surface area (Å²) in [7, 11) is 0. The molecule has 1 heterocycles. The van der Waals surface area contributed by atoms with E-state index in [9.17, 15) is 4.79 Å². The molecule has 0 saturated carbocycles. The summed E-state index contributed by atoms with van der Waals surface area (Å²) in [5.41, 5.74) is 0.994. The lowest BCUT2D eigenvalue weighted by molar-refractivity contribution is -0.123. The first-order chi connectivity index (χ1) is 7.66. The van der Waals surface area contributed by atoms with Gasteiger partial charge in [-0.05, 0) is 24.1 Å². The van der Waals surface area contributed by atoms with E-state index in [0.29, 0.717) is 28.7 Å². The third kappa shape index (κ3) is 2.76. The summed E-state index contributed by atoms with van der Waals surface area (Å²) in [4.78, 5) is 11.7. The molecule has 0 aromatic heterocycles. The minimum absolute atomic E-state index is 0.0485.